The van der Waals surface area contributed by atoms with Gasteiger partial charge < -0.3 is 19.9 Å². The minimum atomic E-state index is -0.834. The molecule has 2 saturated heterocycles. The Morgan fingerprint density at radius 3 is 2.88 bits per heavy atom. The predicted molar refractivity (Wildman–Crippen MR) is 116 cm³/mol. The summed E-state index contributed by atoms with van der Waals surface area (Å²) in [4.78, 5) is 30.4. The third kappa shape index (κ3) is 4.97. The number of hydrogen-bond acceptors (Lipinski definition) is 8. The summed E-state index contributed by atoms with van der Waals surface area (Å²) in [5, 5.41) is 13.1. The Morgan fingerprint density at radius 2 is 2.16 bits per heavy atom. The molecule has 10 heteroatoms. The number of rotatable bonds is 6. The van der Waals surface area contributed by atoms with Gasteiger partial charge in [-0.2, -0.15) is 0 Å². The summed E-state index contributed by atoms with van der Waals surface area (Å²) in [6, 6.07) is 3.52. The zero-order valence-electron chi connectivity index (χ0n) is 18.8. The number of aliphatic hydroxyl groups is 1. The van der Waals surface area contributed by atoms with Crippen molar-refractivity contribution in [1.82, 2.24) is 26.1 Å². The molecule has 32 heavy (non-hydrogen) atoms. The predicted octanol–water partition coefficient (Wildman–Crippen LogP) is 0.702. The fourth-order valence-corrected chi connectivity index (χ4v) is 4.80. The van der Waals surface area contributed by atoms with Crippen molar-refractivity contribution in [3.05, 3.63) is 23.9 Å². The summed E-state index contributed by atoms with van der Waals surface area (Å²) < 4.78 is 10.8. The summed E-state index contributed by atoms with van der Waals surface area (Å²) in [5.41, 5.74) is 6.47. The van der Waals surface area contributed by atoms with Gasteiger partial charge in [0.15, 0.2) is 0 Å². The van der Waals surface area contributed by atoms with Crippen LogP contribution in [0.4, 0.5) is 4.79 Å². The maximum atomic E-state index is 12.4. The molecule has 0 radical (unpaired) electrons. The van der Waals surface area contributed by atoms with Gasteiger partial charge in [-0.1, -0.05) is 0 Å². The van der Waals surface area contributed by atoms with Crippen molar-refractivity contribution in [1.29, 1.82) is 0 Å². The molecule has 2 unspecified atom stereocenters. The number of β-amino-alcohol motifs (C(OH)–C–C–N with tert-alkyl or cyclic N) is 1. The van der Waals surface area contributed by atoms with Crippen LogP contribution in [0.3, 0.4) is 0 Å². The molecule has 0 bridgehead atoms. The Balaban J connectivity index is 1.19. The number of carbonyl (C=O) groups excluding carboxylic acids is 2. The van der Waals surface area contributed by atoms with Gasteiger partial charge in [0.05, 0.1) is 37.9 Å². The van der Waals surface area contributed by atoms with Crippen LogP contribution < -0.4 is 20.9 Å². The first kappa shape index (κ1) is 22.8. The first-order valence-electron chi connectivity index (χ1n) is 11.2. The van der Waals surface area contributed by atoms with E-state index in [4.69, 9.17) is 9.47 Å². The number of aromatic nitrogens is 1. The fourth-order valence-electron chi connectivity index (χ4n) is 4.80. The van der Waals surface area contributed by atoms with Crippen molar-refractivity contribution >= 4 is 12.0 Å². The lowest BCUT2D eigenvalue weighted by Gasteiger charge is -2.50. The number of likely N-dealkylation sites (tertiary alicyclic amines) is 1. The molecule has 3 aliphatic rings. The highest BCUT2D eigenvalue weighted by Gasteiger charge is 2.49. The number of hydrazine groups is 1. The van der Waals surface area contributed by atoms with Crippen LogP contribution in [0.1, 0.15) is 45.1 Å². The number of carbonyl (C=O) groups is 2. The van der Waals surface area contributed by atoms with Gasteiger partial charge in [-0.25, -0.2) is 15.2 Å². The van der Waals surface area contributed by atoms with Crippen LogP contribution in [0.15, 0.2) is 18.3 Å². The van der Waals surface area contributed by atoms with Gasteiger partial charge in [0.1, 0.15) is 6.10 Å². The molecular weight excluding hydrogens is 414 g/mol. The second kappa shape index (κ2) is 9.21. The van der Waals surface area contributed by atoms with Crippen molar-refractivity contribution in [2.24, 2.45) is 5.92 Å². The Labute approximate surface area is 188 Å². The summed E-state index contributed by atoms with van der Waals surface area (Å²) in [6.07, 6.45) is 4.63. The van der Waals surface area contributed by atoms with Crippen molar-refractivity contribution < 1.29 is 24.2 Å². The van der Waals surface area contributed by atoms with Gasteiger partial charge in [0.25, 0.3) is 0 Å². The Kier molecular flexibility index (Phi) is 6.55. The summed E-state index contributed by atoms with van der Waals surface area (Å²) in [5.74, 6) is 0.779. The minimum absolute atomic E-state index is 0.0732. The highest BCUT2D eigenvalue weighted by atomic mass is 16.6. The molecule has 0 spiro atoms. The number of ether oxygens (including phenoxy) is 2. The largest absolute Gasteiger partial charge is 0.481 e. The molecule has 176 valence electrons. The number of pyridine rings is 1. The molecule has 2 aliphatic heterocycles. The van der Waals surface area contributed by atoms with Crippen molar-refractivity contribution in [2.45, 2.75) is 75.9 Å². The molecule has 1 aromatic rings. The lowest BCUT2D eigenvalue weighted by molar-refractivity contribution is -0.123. The standard InChI is InChI=1S/C22H33N5O5/c1-13-22(2,30)12-27(13)21(29)32-16-5-4-15(10-16)17-11-18(26-25-17)24-19(28)8-14-6-7-23-20(9-14)31-3/h6-7,9,13,15-18,25-26,30H,4-5,8,10-12H2,1-3H3,(H,24,28)/t13-,15+,16-,17?,18?,22+/m0/s1. The molecule has 4 N–H and O–H groups in total. The van der Waals surface area contributed by atoms with Gasteiger partial charge in [-0.15, -0.1) is 0 Å². The normalized spacial score (nSPS) is 34.1. The monoisotopic (exact) mass is 447 g/mol. The second-order valence-corrected chi connectivity index (χ2v) is 9.37. The molecule has 1 aromatic heterocycles. The average Bonchev–Trinajstić information content (AvgIpc) is 3.41. The smallest absolute Gasteiger partial charge is 0.410 e. The molecular formula is C22H33N5O5. The number of amides is 2. The van der Waals surface area contributed by atoms with Gasteiger partial charge in [-0.05, 0) is 57.1 Å². The molecule has 4 rings (SSSR count). The van der Waals surface area contributed by atoms with E-state index < -0.39 is 5.60 Å². The number of hydrogen-bond donors (Lipinski definition) is 4. The van der Waals surface area contributed by atoms with Crippen LogP contribution in [-0.4, -0.2) is 70.6 Å². The summed E-state index contributed by atoms with van der Waals surface area (Å²) >= 11 is 0. The number of nitrogens with one attached hydrogen (secondary N) is 3. The zero-order chi connectivity index (χ0) is 22.9. The van der Waals surface area contributed by atoms with Crippen molar-refractivity contribution in [3.63, 3.8) is 0 Å². The van der Waals surface area contributed by atoms with Gasteiger partial charge in [-0.3, -0.25) is 15.1 Å². The highest BCUT2D eigenvalue weighted by molar-refractivity contribution is 5.78. The minimum Gasteiger partial charge on any atom is -0.481 e. The molecule has 6 atom stereocenters. The van der Waals surface area contributed by atoms with Gasteiger partial charge in [0.2, 0.25) is 11.8 Å². The number of nitrogens with zero attached hydrogens (tertiary/aromatic N) is 2. The molecule has 2 amide bonds. The van der Waals surface area contributed by atoms with E-state index in [9.17, 15) is 14.7 Å². The van der Waals surface area contributed by atoms with Crippen LogP contribution in [-0.2, 0) is 16.0 Å². The zero-order valence-corrected chi connectivity index (χ0v) is 18.8. The van der Waals surface area contributed by atoms with Crippen molar-refractivity contribution in [3.8, 4) is 5.88 Å². The SMILES string of the molecule is COc1cc(CC(=O)NC2CC([C@@H]3CC[C@H](OC(=O)N4C[C@@](C)(O)[C@@H]4C)C3)NN2)ccn1. The van der Waals surface area contributed by atoms with Gasteiger partial charge in [0, 0.05) is 18.3 Å². The average molecular weight is 448 g/mol. The fraction of sp³-hybridized carbons (Fsp3) is 0.682. The van der Waals surface area contributed by atoms with E-state index in [2.05, 4.69) is 21.2 Å². The Morgan fingerprint density at radius 1 is 1.34 bits per heavy atom. The van der Waals surface area contributed by atoms with Crippen LogP contribution in [0.25, 0.3) is 0 Å². The van der Waals surface area contributed by atoms with Gasteiger partial charge >= 0.3 is 6.09 Å². The van der Waals surface area contributed by atoms with Crippen LogP contribution in [0.2, 0.25) is 0 Å². The molecule has 3 fully saturated rings. The van der Waals surface area contributed by atoms with Crippen LogP contribution in [0, 0.1) is 5.92 Å². The van der Waals surface area contributed by atoms with E-state index in [-0.39, 0.29) is 42.8 Å². The van der Waals surface area contributed by atoms with E-state index >= 15 is 0 Å². The van der Waals surface area contributed by atoms with E-state index in [1.54, 1.807) is 37.3 Å². The lowest BCUT2D eigenvalue weighted by atomic mass is 9.87. The molecule has 3 heterocycles. The first-order chi connectivity index (χ1) is 15.2. The van der Waals surface area contributed by atoms with Crippen molar-refractivity contribution in [2.75, 3.05) is 13.7 Å². The third-order valence-corrected chi connectivity index (χ3v) is 6.99. The molecule has 1 aliphatic carbocycles. The van der Waals surface area contributed by atoms with Crippen LogP contribution in [0.5, 0.6) is 5.88 Å². The van der Waals surface area contributed by atoms with E-state index in [1.165, 1.54) is 0 Å². The maximum Gasteiger partial charge on any atom is 0.410 e. The Bertz CT molecular complexity index is 850. The summed E-state index contributed by atoms with van der Waals surface area (Å²) in [6.45, 7) is 3.87. The van der Waals surface area contributed by atoms with E-state index in [0.29, 0.717) is 18.3 Å². The van der Waals surface area contributed by atoms with Crippen LogP contribution >= 0.6 is 0 Å². The van der Waals surface area contributed by atoms with E-state index in [0.717, 1.165) is 31.2 Å². The first-order valence-corrected chi connectivity index (χ1v) is 11.2. The highest BCUT2D eigenvalue weighted by Crippen LogP contribution is 2.35. The topological polar surface area (TPSA) is 125 Å². The third-order valence-electron chi connectivity index (χ3n) is 6.99. The van der Waals surface area contributed by atoms with E-state index in [1.807, 2.05) is 6.92 Å². The second-order valence-electron chi connectivity index (χ2n) is 9.37. The maximum absolute atomic E-state index is 12.4. The molecule has 1 saturated carbocycles. The molecule has 10 nitrogen and oxygen atoms in total. The lowest BCUT2D eigenvalue weighted by Crippen LogP contribution is -2.68. The quantitative estimate of drug-likeness (QED) is 0.502. The molecule has 0 aromatic carbocycles. The number of methoxy groups -OCH3 is 1. The Hall–Kier alpha value is -2.43. The summed E-state index contributed by atoms with van der Waals surface area (Å²) in [7, 11) is 1.55.